The van der Waals surface area contributed by atoms with E-state index >= 15 is 0 Å². The van der Waals surface area contributed by atoms with Crippen LogP contribution in [0.4, 0.5) is 0 Å². The fourth-order valence-electron chi connectivity index (χ4n) is 4.07. The normalized spacial score (nSPS) is 30.1. The maximum atomic E-state index is 12.3. The van der Waals surface area contributed by atoms with Gasteiger partial charge in [-0.3, -0.25) is 9.69 Å². The molecule has 3 aliphatic rings. The van der Waals surface area contributed by atoms with Crippen molar-refractivity contribution in [3.8, 4) is 0 Å². The second kappa shape index (κ2) is 6.85. The van der Waals surface area contributed by atoms with E-state index in [2.05, 4.69) is 41.4 Å². The fraction of sp³-hybridized carbons (Fsp3) is 0.650. The predicted molar refractivity (Wildman–Crippen MR) is 93.9 cm³/mol. The summed E-state index contributed by atoms with van der Waals surface area (Å²) < 4.78 is 6.03. The number of hydrogen-bond donors (Lipinski definition) is 1. The van der Waals surface area contributed by atoms with E-state index in [1.165, 1.54) is 24.0 Å². The van der Waals surface area contributed by atoms with E-state index in [1.54, 1.807) is 0 Å². The largest absolute Gasteiger partial charge is 0.375 e. The third kappa shape index (κ3) is 3.81. The second-order valence-electron chi connectivity index (χ2n) is 7.80. The molecular weight excluding hydrogens is 300 g/mol. The van der Waals surface area contributed by atoms with Gasteiger partial charge in [0.05, 0.1) is 12.7 Å². The molecule has 1 amide bonds. The minimum Gasteiger partial charge on any atom is -0.375 e. The lowest BCUT2D eigenvalue weighted by Crippen LogP contribution is -2.47. The summed E-state index contributed by atoms with van der Waals surface area (Å²) in [5.74, 6) is 0.981. The Bertz CT molecular complexity index is 582. The number of nitrogens with zero attached hydrogens (tertiary/aromatic N) is 1. The van der Waals surface area contributed by atoms with E-state index in [1.807, 2.05) is 0 Å². The Morgan fingerprint density at radius 3 is 2.79 bits per heavy atom. The zero-order chi connectivity index (χ0) is 16.5. The molecule has 0 bridgehead atoms. The van der Waals surface area contributed by atoms with Crippen molar-refractivity contribution in [1.82, 2.24) is 10.2 Å². The van der Waals surface area contributed by atoms with Crippen LogP contribution in [0.2, 0.25) is 0 Å². The van der Waals surface area contributed by atoms with Crippen LogP contribution in [0.15, 0.2) is 24.3 Å². The highest BCUT2D eigenvalue weighted by Gasteiger charge is 2.42. The fourth-order valence-corrected chi connectivity index (χ4v) is 4.07. The monoisotopic (exact) mass is 328 g/mol. The highest BCUT2D eigenvalue weighted by molar-refractivity contribution is 5.76. The summed E-state index contributed by atoms with van der Waals surface area (Å²) in [6, 6.07) is 9.25. The Balaban J connectivity index is 1.22. The number of ether oxygens (including phenoxy) is 1. The highest BCUT2D eigenvalue weighted by atomic mass is 16.5. The van der Waals surface area contributed by atoms with Crippen molar-refractivity contribution in [2.24, 2.45) is 5.92 Å². The van der Waals surface area contributed by atoms with E-state index in [0.717, 1.165) is 38.5 Å². The van der Waals surface area contributed by atoms with Crippen molar-refractivity contribution in [3.05, 3.63) is 35.4 Å². The molecule has 24 heavy (non-hydrogen) atoms. The first-order valence-corrected chi connectivity index (χ1v) is 9.38. The number of nitrogens with one attached hydrogen (secondary N) is 1. The SMILES string of the molecule is Cc1ccc(CCC(=O)N[C@H]2C[C@H]3CO[C@@H](C4CC4)CN3C2)cc1. The van der Waals surface area contributed by atoms with Crippen molar-refractivity contribution < 1.29 is 9.53 Å². The molecule has 3 atom stereocenters. The molecule has 1 N–H and O–H groups in total. The Morgan fingerprint density at radius 1 is 1.25 bits per heavy atom. The lowest BCUT2D eigenvalue weighted by Gasteiger charge is -2.35. The van der Waals surface area contributed by atoms with Crippen LogP contribution in [-0.4, -0.2) is 48.7 Å². The van der Waals surface area contributed by atoms with E-state index in [4.69, 9.17) is 4.74 Å². The highest BCUT2D eigenvalue weighted by Crippen LogP contribution is 2.37. The van der Waals surface area contributed by atoms with Crippen LogP contribution in [0.25, 0.3) is 0 Å². The van der Waals surface area contributed by atoms with Gasteiger partial charge in [-0.05, 0) is 44.1 Å². The van der Waals surface area contributed by atoms with E-state index < -0.39 is 0 Å². The molecule has 4 heteroatoms. The van der Waals surface area contributed by atoms with Crippen molar-refractivity contribution in [2.45, 2.75) is 57.2 Å². The molecule has 1 aromatic carbocycles. The van der Waals surface area contributed by atoms with Gasteiger partial charge in [0.15, 0.2) is 0 Å². The van der Waals surface area contributed by atoms with Crippen molar-refractivity contribution >= 4 is 5.91 Å². The van der Waals surface area contributed by atoms with Crippen LogP contribution in [0.5, 0.6) is 0 Å². The van der Waals surface area contributed by atoms with Gasteiger partial charge in [-0.1, -0.05) is 29.8 Å². The number of carbonyl (C=O) groups excluding carboxylic acids is 1. The molecule has 2 aliphatic heterocycles. The number of fused-ring (bicyclic) bond motifs is 1. The molecule has 4 rings (SSSR count). The molecule has 2 saturated heterocycles. The van der Waals surface area contributed by atoms with Gasteiger partial charge in [0.1, 0.15) is 0 Å². The quantitative estimate of drug-likeness (QED) is 0.902. The molecule has 130 valence electrons. The number of carbonyl (C=O) groups is 1. The van der Waals surface area contributed by atoms with Gasteiger partial charge in [0, 0.05) is 31.6 Å². The predicted octanol–water partition coefficient (Wildman–Crippen LogP) is 2.30. The molecule has 4 nitrogen and oxygen atoms in total. The van der Waals surface area contributed by atoms with E-state index in [0.29, 0.717) is 24.6 Å². The number of amides is 1. The Hall–Kier alpha value is -1.39. The summed E-state index contributed by atoms with van der Waals surface area (Å²) in [6.07, 6.45) is 5.54. The number of hydrogen-bond acceptors (Lipinski definition) is 3. The van der Waals surface area contributed by atoms with Gasteiger partial charge in [-0.25, -0.2) is 0 Å². The minimum absolute atomic E-state index is 0.181. The first kappa shape index (κ1) is 16.1. The van der Waals surface area contributed by atoms with Crippen LogP contribution in [-0.2, 0) is 16.0 Å². The van der Waals surface area contributed by atoms with Gasteiger partial charge in [0.2, 0.25) is 5.91 Å². The van der Waals surface area contributed by atoms with Gasteiger partial charge >= 0.3 is 0 Å². The Morgan fingerprint density at radius 2 is 2.04 bits per heavy atom. The standard InChI is InChI=1S/C20H28N2O2/c1-14-2-4-15(5-3-14)6-9-20(23)21-17-10-18-13-24-19(16-7-8-16)12-22(18)11-17/h2-5,16-19H,6-13H2,1H3,(H,21,23)/t17-,18-,19+/m0/s1. The summed E-state index contributed by atoms with van der Waals surface area (Å²) in [5.41, 5.74) is 2.50. The average molecular weight is 328 g/mol. The molecule has 0 aromatic heterocycles. The number of benzene rings is 1. The van der Waals surface area contributed by atoms with Crippen LogP contribution >= 0.6 is 0 Å². The Labute approximate surface area is 144 Å². The molecule has 0 unspecified atom stereocenters. The first-order chi connectivity index (χ1) is 11.7. The summed E-state index contributed by atoms with van der Waals surface area (Å²) in [7, 11) is 0. The van der Waals surface area contributed by atoms with Crippen LogP contribution in [0, 0.1) is 12.8 Å². The molecule has 0 spiro atoms. The molecule has 1 aromatic rings. The maximum Gasteiger partial charge on any atom is 0.220 e. The zero-order valence-electron chi connectivity index (χ0n) is 14.5. The summed E-state index contributed by atoms with van der Waals surface area (Å²) in [4.78, 5) is 14.8. The third-order valence-corrected chi connectivity index (χ3v) is 5.72. The topological polar surface area (TPSA) is 41.6 Å². The van der Waals surface area contributed by atoms with Crippen LogP contribution in [0.1, 0.15) is 36.8 Å². The smallest absolute Gasteiger partial charge is 0.220 e. The zero-order valence-corrected chi connectivity index (χ0v) is 14.5. The maximum absolute atomic E-state index is 12.3. The lowest BCUT2D eigenvalue weighted by molar-refractivity contribution is -0.121. The van der Waals surface area contributed by atoms with E-state index in [9.17, 15) is 4.79 Å². The molecule has 0 radical (unpaired) electrons. The Kier molecular flexibility index (Phi) is 4.59. The molecule has 2 heterocycles. The van der Waals surface area contributed by atoms with E-state index in [-0.39, 0.29) is 5.91 Å². The van der Waals surface area contributed by atoms with Crippen LogP contribution in [0.3, 0.4) is 0 Å². The van der Waals surface area contributed by atoms with Crippen molar-refractivity contribution in [2.75, 3.05) is 19.7 Å². The van der Waals surface area contributed by atoms with Crippen molar-refractivity contribution in [1.29, 1.82) is 0 Å². The first-order valence-electron chi connectivity index (χ1n) is 9.38. The third-order valence-electron chi connectivity index (χ3n) is 5.72. The van der Waals surface area contributed by atoms with Crippen LogP contribution < -0.4 is 5.32 Å². The second-order valence-corrected chi connectivity index (χ2v) is 7.80. The number of rotatable bonds is 5. The summed E-state index contributed by atoms with van der Waals surface area (Å²) >= 11 is 0. The molecule has 3 fully saturated rings. The summed E-state index contributed by atoms with van der Waals surface area (Å²) in [5, 5.41) is 3.24. The van der Waals surface area contributed by atoms with Gasteiger partial charge in [-0.15, -0.1) is 0 Å². The summed E-state index contributed by atoms with van der Waals surface area (Å²) in [6.45, 7) is 4.98. The molecule has 1 saturated carbocycles. The van der Waals surface area contributed by atoms with Gasteiger partial charge in [-0.2, -0.15) is 0 Å². The number of morpholine rings is 1. The van der Waals surface area contributed by atoms with Crippen molar-refractivity contribution in [3.63, 3.8) is 0 Å². The molecule has 1 aliphatic carbocycles. The minimum atomic E-state index is 0.181. The van der Waals surface area contributed by atoms with Gasteiger partial charge in [0.25, 0.3) is 0 Å². The van der Waals surface area contributed by atoms with Gasteiger partial charge < -0.3 is 10.1 Å². The average Bonchev–Trinajstić information content (AvgIpc) is 3.34. The number of aryl methyl sites for hydroxylation is 2. The molecular formula is C20H28N2O2. The lowest BCUT2D eigenvalue weighted by atomic mass is 10.1.